The smallest absolute Gasteiger partial charge is 0.262 e. The van der Waals surface area contributed by atoms with E-state index in [1.807, 2.05) is 0 Å². The molecular weight excluding hydrogens is 419 g/mol. The third kappa shape index (κ3) is 3.59. The summed E-state index contributed by atoms with van der Waals surface area (Å²) in [6.07, 6.45) is 0.674. The third-order valence-corrected chi connectivity index (χ3v) is 5.68. The molecule has 3 aromatic heterocycles. The minimum atomic E-state index is -1.72. The minimum Gasteiger partial charge on any atom is -0.376 e. The minimum absolute atomic E-state index is 0.0532. The molecule has 2 aliphatic rings. The molecule has 10 nitrogen and oxygen atoms in total. The summed E-state index contributed by atoms with van der Waals surface area (Å²) < 4.78 is 24.2. The highest BCUT2D eigenvalue weighted by Gasteiger charge is 2.48. The second kappa shape index (κ2) is 7.92. The van der Waals surface area contributed by atoms with Gasteiger partial charge in [0.05, 0.1) is 36.3 Å². The average molecular weight is 440 g/mol. The maximum absolute atomic E-state index is 13.8. The van der Waals surface area contributed by atoms with Crippen LogP contribution in [0.15, 0.2) is 41.1 Å². The van der Waals surface area contributed by atoms with Crippen LogP contribution in [0.2, 0.25) is 0 Å². The molecule has 1 amide bonds. The normalized spacial score (nSPS) is 25.5. The topological polar surface area (TPSA) is 126 Å². The first-order valence-corrected chi connectivity index (χ1v) is 10.2. The maximum Gasteiger partial charge on any atom is 0.262 e. The van der Waals surface area contributed by atoms with Gasteiger partial charge in [-0.1, -0.05) is 11.2 Å². The van der Waals surface area contributed by atoms with Gasteiger partial charge in [0.1, 0.15) is 11.9 Å². The lowest BCUT2D eigenvalue weighted by atomic mass is 9.98. The van der Waals surface area contributed by atoms with E-state index in [0.717, 1.165) is 0 Å². The standard InChI is InChI=1S/C21H21FN6O4/c1-28-8-6-21(30,19(28)29)18-9-16(27-32-18)14-4-2-3-13(24-14)15-5-7-23-20(25-15)26-17-11-31-10-12(17)22/h2-5,7,9,12,17,30H,6,8,10-11H2,1H3,(H,23,25,26)/t12-,17?,21-/m1/s1. The molecule has 3 atom stereocenters. The van der Waals surface area contributed by atoms with Gasteiger partial charge < -0.3 is 24.6 Å². The van der Waals surface area contributed by atoms with E-state index in [-0.39, 0.29) is 31.3 Å². The van der Waals surface area contributed by atoms with Crippen LogP contribution in [0.4, 0.5) is 10.3 Å². The fraction of sp³-hybridized carbons (Fsp3) is 0.381. The zero-order valence-electron chi connectivity index (χ0n) is 17.2. The lowest BCUT2D eigenvalue weighted by Gasteiger charge is -2.16. The maximum atomic E-state index is 13.8. The second-order valence-electron chi connectivity index (χ2n) is 7.89. The van der Waals surface area contributed by atoms with Crippen LogP contribution in [0.5, 0.6) is 0 Å². The predicted molar refractivity (Wildman–Crippen MR) is 110 cm³/mol. The molecule has 166 valence electrons. The first-order chi connectivity index (χ1) is 15.4. The van der Waals surface area contributed by atoms with Crippen LogP contribution >= 0.6 is 0 Å². The van der Waals surface area contributed by atoms with Gasteiger partial charge in [-0.15, -0.1) is 0 Å². The van der Waals surface area contributed by atoms with Crippen molar-refractivity contribution in [2.45, 2.75) is 24.2 Å². The summed E-state index contributed by atoms with van der Waals surface area (Å²) >= 11 is 0. The molecule has 0 saturated carbocycles. The Morgan fingerprint density at radius 2 is 1.97 bits per heavy atom. The zero-order valence-corrected chi connectivity index (χ0v) is 17.2. The number of hydrogen-bond acceptors (Lipinski definition) is 9. The summed E-state index contributed by atoms with van der Waals surface area (Å²) in [5.74, 6) is -0.0593. The van der Waals surface area contributed by atoms with Crippen LogP contribution in [-0.4, -0.2) is 75.0 Å². The number of pyridine rings is 1. The molecule has 0 radical (unpaired) electrons. The van der Waals surface area contributed by atoms with Crippen LogP contribution in [0.3, 0.4) is 0 Å². The van der Waals surface area contributed by atoms with Crippen molar-refractivity contribution in [3.8, 4) is 22.8 Å². The van der Waals surface area contributed by atoms with E-state index in [1.54, 1.807) is 37.5 Å². The lowest BCUT2D eigenvalue weighted by molar-refractivity contribution is -0.144. The number of nitrogens with one attached hydrogen (secondary N) is 1. The van der Waals surface area contributed by atoms with Crippen molar-refractivity contribution in [2.75, 3.05) is 32.1 Å². The summed E-state index contributed by atoms with van der Waals surface area (Å²) in [6, 6.07) is 8.02. The summed E-state index contributed by atoms with van der Waals surface area (Å²) in [4.78, 5) is 26.9. The molecule has 2 saturated heterocycles. The van der Waals surface area contributed by atoms with Crippen molar-refractivity contribution in [3.05, 3.63) is 42.3 Å². The molecule has 0 spiro atoms. The van der Waals surface area contributed by atoms with Gasteiger partial charge in [0, 0.05) is 32.3 Å². The first kappa shape index (κ1) is 20.5. The number of halogens is 1. The highest BCUT2D eigenvalue weighted by molar-refractivity contribution is 5.87. The predicted octanol–water partition coefficient (Wildman–Crippen LogP) is 1.39. The van der Waals surface area contributed by atoms with Crippen molar-refractivity contribution >= 4 is 11.9 Å². The Morgan fingerprint density at radius 3 is 2.69 bits per heavy atom. The number of aromatic nitrogens is 4. The van der Waals surface area contributed by atoms with Crippen LogP contribution in [0.1, 0.15) is 12.2 Å². The molecule has 2 N–H and O–H groups in total. The summed E-state index contributed by atoms with van der Waals surface area (Å²) in [7, 11) is 1.63. The molecule has 1 unspecified atom stereocenters. The number of hydrogen-bond donors (Lipinski definition) is 2. The molecule has 0 bridgehead atoms. The van der Waals surface area contributed by atoms with E-state index in [2.05, 4.69) is 25.4 Å². The highest BCUT2D eigenvalue weighted by atomic mass is 19.1. The largest absolute Gasteiger partial charge is 0.376 e. The molecule has 3 aromatic rings. The Balaban J connectivity index is 1.40. The number of anilines is 1. The van der Waals surface area contributed by atoms with Gasteiger partial charge in [0.25, 0.3) is 5.91 Å². The Morgan fingerprint density at radius 1 is 1.19 bits per heavy atom. The van der Waals surface area contributed by atoms with Crippen molar-refractivity contribution in [1.82, 2.24) is 25.0 Å². The van der Waals surface area contributed by atoms with Crippen molar-refractivity contribution in [1.29, 1.82) is 0 Å². The molecular formula is C21H21FN6O4. The average Bonchev–Trinajstić information content (AvgIpc) is 3.52. The molecule has 11 heteroatoms. The number of nitrogens with zero attached hydrogens (tertiary/aromatic N) is 5. The van der Waals surface area contributed by atoms with Crippen LogP contribution in [0, 0.1) is 0 Å². The van der Waals surface area contributed by atoms with E-state index in [9.17, 15) is 14.3 Å². The van der Waals surface area contributed by atoms with Gasteiger partial charge in [0.2, 0.25) is 11.5 Å². The lowest BCUT2D eigenvalue weighted by Crippen LogP contribution is -2.35. The molecule has 0 aromatic carbocycles. The second-order valence-corrected chi connectivity index (χ2v) is 7.89. The number of ether oxygens (including phenoxy) is 1. The van der Waals surface area contributed by atoms with Crippen LogP contribution in [0.25, 0.3) is 22.8 Å². The van der Waals surface area contributed by atoms with Gasteiger partial charge in [-0.25, -0.2) is 19.3 Å². The number of amides is 1. The van der Waals surface area contributed by atoms with Crippen LogP contribution < -0.4 is 5.32 Å². The molecule has 2 aliphatic heterocycles. The first-order valence-electron chi connectivity index (χ1n) is 10.2. The quantitative estimate of drug-likeness (QED) is 0.605. The fourth-order valence-corrected chi connectivity index (χ4v) is 3.79. The molecule has 5 rings (SSSR count). The third-order valence-electron chi connectivity index (χ3n) is 5.68. The molecule has 0 aliphatic carbocycles. The van der Waals surface area contributed by atoms with Crippen molar-refractivity contribution in [3.63, 3.8) is 0 Å². The SMILES string of the molecule is CN1CC[C@@](O)(c2cc(-c3cccc(-c4ccnc(NC5COC[C@H]5F)n4)n3)no2)C1=O. The van der Waals surface area contributed by atoms with E-state index >= 15 is 0 Å². The van der Waals surface area contributed by atoms with Gasteiger partial charge in [0.15, 0.2) is 5.76 Å². The van der Waals surface area contributed by atoms with Gasteiger partial charge in [-0.2, -0.15) is 0 Å². The van der Waals surface area contributed by atoms with E-state index in [4.69, 9.17) is 9.26 Å². The molecule has 2 fully saturated rings. The number of rotatable bonds is 5. The van der Waals surface area contributed by atoms with E-state index in [1.165, 1.54) is 11.0 Å². The monoisotopic (exact) mass is 440 g/mol. The molecule has 32 heavy (non-hydrogen) atoms. The number of alkyl halides is 1. The van der Waals surface area contributed by atoms with Crippen molar-refractivity contribution < 1.29 is 23.6 Å². The van der Waals surface area contributed by atoms with Gasteiger partial charge in [-0.05, 0) is 18.2 Å². The number of aliphatic hydroxyl groups is 1. The molecule has 5 heterocycles. The summed E-state index contributed by atoms with van der Waals surface area (Å²) in [6.45, 7) is 0.735. The fourth-order valence-electron chi connectivity index (χ4n) is 3.79. The van der Waals surface area contributed by atoms with Gasteiger partial charge in [-0.3, -0.25) is 4.79 Å². The number of likely N-dealkylation sites (tertiary alicyclic amines) is 1. The van der Waals surface area contributed by atoms with Gasteiger partial charge >= 0.3 is 0 Å². The Labute approximate surface area is 182 Å². The number of carbonyl (C=O) groups is 1. The Kier molecular flexibility index (Phi) is 5.06. The zero-order chi connectivity index (χ0) is 22.3. The highest BCUT2D eigenvalue weighted by Crippen LogP contribution is 2.34. The summed E-state index contributed by atoms with van der Waals surface area (Å²) in [5, 5.41) is 17.7. The summed E-state index contributed by atoms with van der Waals surface area (Å²) in [5.41, 5.74) is 0.235. The van der Waals surface area contributed by atoms with E-state index in [0.29, 0.717) is 29.3 Å². The number of carbonyl (C=O) groups excluding carboxylic acids is 1. The Bertz CT molecular complexity index is 1160. The van der Waals surface area contributed by atoms with E-state index < -0.39 is 23.7 Å². The van der Waals surface area contributed by atoms with Crippen molar-refractivity contribution in [2.24, 2.45) is 0 Å². The number of likely N-dealkylation sites (N-methyl/N-ethyl adjacent to an activating group) is 1. The van der Waals surface area contributed by atoms with Crippen LogP contribution in [-0.2, 0) is 15.1 Å². The Hall–Kier alpha value is -3.44.